The van der Waals surface area contributed by atoms with E-state index in [2.05, 4.69) is 5.32 Å². The zero-order valence-electron chi connectivity index (χ0n) is 17.1. The Morgan fingerprint density at radius 3 is 2.14 bits per heavy atom. The quantitative estimate of drug-likeness (QED) is 0.448. The fourth-order valence-corrected chi connectivity index (χ4v) is 4.02. The van der Waals surface area contributed by atoms with Gasteiger partial charge in [0.1, 0.15) is 5.60 Å². The fraction of sp³-hybridized carbons (Fsp3) is 0.579. The highest BCUT2D eigenvalue weighted by atomic mass is 31.2. The number of amides is 1. The van der Waals surface area contributed by atoms with Crippen LogP contribution in [0.1, 0.15) is 51.4 Å². The number of hydrogen-bond donors (Lipinski definition) is 1. The smallest absolute Gasteiger partial charge is 0.407 e. The molecule has 0 saturated heterocycles. The number of carbonyl (C=O) groups is 2. The van der Waals surface area contributed by atoms with Gasteiger partial charge >= 0.3 is 19.7 Å². The second-order valence-electron chi connectivity index (χ2n) is 6.82. The van der Waals surface area contributed by atoms with Crippen LogP contribution in [0, 0.1) is 0 Å². The molecule has 0 bridgehead atoms. The summed E-state index contributed by atoms with van der Waals surface area (Å²) < 4.78 is 34.4. The molecule has 1 atom stereocenters. The van der Waals surface area contributed by atoms with Crippen LogP contribution in [0.2, 0.25) is 0 Å². The van der Waals surface area contributed by atoms with Crippen molar-refractivity contribution >= 4 is 19.7 Å². The Kier molecular flexibility index (Phi) is 9.65. The summed E-state index contributed by atoms with van der Waals surface area (Å²) in [6, 6.07) is 8.33. The SMILES string of the molecule is CCOP(=O)(OCC)[C@H](CCNC(=O)OC(C)(C)C)OC(=O)c1ccccc1. The lowest BCUT2D eigenvalue weighted by Crippen LogP contribution is -2.34. The van der Waals surface area contributed by atoms with Gasteiger partial charge in [-0.3, -0.25) is 4.57 Å². The van der Waals surface area contributed by atoms with E-state index in [-0.39, 0.29) is 26.2 Å². The maximum absolute atomic E-state index is 13.1. The van der Waals surface area contributed by atoms with E-state index in [4.69, 9.17) is 18.5 Å². The van der Waals surface area contributed by atoms with Crippen LogP contribution in [0.3, 0.4) is 0 Å². The normalized spacial score (nSPS) is 12.9. The minimum Gasteiger partial charge on any atom is -0.446 e. The van der Waals surface area contributed by atoms with Crippen molar-refractivity contribution in [2.24, 2.45) is 0 Å². The number of alkyl carbamates (subject to hydrolysis) is 1. The number of carbonyl (C=O) groups excluding carboxylic acids is 2. The van der Waals surface area contributed by atoms with Gasteiger partial charge in [-0.25, -0.2) is 9.59 Å². The van der Waals surface area contributed by atoms with Crippen molar-refractivity contribution in [2.45, 2.75) is 52.5 Å². The zero-order valence-corrected chi connectivity index (χ0v) is 18.0. The molecular formula is C19H30NO7P. The number of esters is 1. The zero-order chi connectivity index (χ0) is 21.2. The Labute approximate surface area is 166 Å². The van der Waals surface area contributed by atoms with Gasteiger partial charge in [-0.15, -0.1) is 0 Å². The van der Waals surface area contributed by atoms with Gasteiger partial charge in [0.2, 0.25) is 5.85 Å². The summed E-state index contributed by atoms with van der Waals surface area (Å²) in [6.07, 6.45) is -0.585. The van der Waals surface area contributed by atoms with Crippen molar-refractivity contribution in [1.29, 1.82) is 0 Å². The maximum Gasteiger partial charge on any atom is 0.407 e. The molecule has 1 N–H and O–H groups in total. The van der Waals surface area contributed by atoms with Crippen LogP contribution >= 0.6 is 7.60 Å². The molecule has 0 aromatic heterocycles. The first-order chi connectivity index (χ1) is 13.1. The summed E-state index contributed by atoms with van der Waals surface area (Å²) in [5.74, 6) is -1.82. The molecule has 1 rings (SSSR count). The molecule has 0 heterocycles. The molecule has 0 radical (unpaired) electrons. The second-order valence-corrected chi connectivity index (χ2v) is 8.99. The third kappa shape index (κ3) is 8.42. The average Bonchev–Trinajstić information content (AvgIpc) is 2.60. The van der Waals surface area contributed by atoms with E-state index >= 15 is 0 Å². The molecule has 1 aromatic carbocycles. The van der Waals surface area contributed by atoms with Gasteiger partial charge in [0.15, 0.2) is 0 Å². The highest BCUT2D eigenvalue weighted by Gasteiger charge is 2.39. The first-order valence-electron chi connectivity index (χ1n) is 9.23. The minimum absolute atomic E-state index is 0.0368. The maximum atomic E-state index is 13.1. The molecule has 28 heavy (non-hydrogen) atoms. The first-order valence-corrected chi connectivity index (χ1v) is 10.8. The molecule has 1 amide bonds. The van der Waals surface area contributed by atoms with Gasteiger partial charge in [-0.05, 0) is 46.8 Å². The number of ether oxygens (including phenoxy) is 2. The van der Waals surface area contributed by atoms with Crippen LogP contribution in [0.15, 0.2) is 30.3 Å². The molecule has 1 aromatic rings. The average molecular weight is 415 g/mol. The minimum atomic E-state index is -3.74. The van der Waals surface area contributed by atoms with Crippen LogP contribution in [-0.4, -0.2) is 43.3 Å². The number of nitrogens with one attached hydrogen (secondary N) is 1. The third-order valence-corrected chi connectivity index (χ3v) is 5.59. The van der Waals surface area contributed by atoms with E-state index in [1.165, 1.54) is 0 Å². The first kappa shape index (κ1) is 24.1. The van der Waals surface area contributed by atoms with Gasteiger partial charge in [0, 0.05) is 13.0 Å². The number of rotatable bonds is 10. The Bertz CT molecular complexity index is 663. The second kappa shape index (κ2) is 11.2. The van der Waals surface area contributed by atoms with E-state index in [9.17, 15) is 14.2 Å². The molecule has 0 aliphatic carbocycles. The lowest BCUT2D eigenvalue weighted by Gasteiger charge is -2.26. The van der Waals surface area contributed by atoms with Crippen molar-refractivity contribution in [3.05, 3.63) is 35.9 Å². The topological polar surface area (TPSA) is 100 Å². The standard InChI is InChI=1S/C19H30NO7P/c1-6-24-28(23,25-7-2)16(13-14-20-18(22)27-19(3,4)5)26-17(21)15-11-9-8-10-12-15/h8-12,16H,6-7,13-14H2,1-5H3,(H,20,22)/t16-/m1/s1. The van der Waals surface area contributed by atoms with E-state index in [0.29, 0.717) is 5.56 Å². The molecule has 0 aliphatic heterocycles. The Hall–Kier alpha value is -1.89. The molecule has 0 fully saturated rings. The van der Waals surface area contributed by atoms with E-state index in [1.54, 1.807) is 65.0 Å². The predicted octanol–water partition coefficient (Wildman–Crippen LogP) is 4.35. The van der Waals surface area contributed by atoms with Crippen molar-refractivity contribution in [3.8, 4) is 0 Å². The summed E-state index contributed by atoms with van der Waals surface area (Å²) in [7, 11) is -3.74. The van der Waals surface area contributed by atoms with Crippen molar-refractivity contribution in [1.82, 2.24) is 5.32 Å². The Balaban J connectivity index is 2.87. The molecular weight excluding hydrogens is 385 g/mol. The summed E-state index contributed by atoms with van der Waals surface area (Å²) in [4.78, 5) is 24.2. The Morgan fingerprint density at radius 2 is 1.64 bits per heavy atom. The Morgan fingerprint density at radius 1 is 1.07 bits per heavy atom. The van der Waals surface area contributed by atoms with Gasteiger partial charge in [0.25, 0.3) is 0 Å². The molecule has 0 unspecified atom stereocenters. The largest absolute Gasteiger partial charge is 0.446 e. The van der Waals surface area contributed by atoms with Gasteiger partial charge in [-0.2, -0.15) is 0 Å². The summed E-state index contributed by atoms with van der Waals surface area (Å²) in [6.45, 7) is 8.87. The molecule has 0 aliphatic rings. The monoisotopic (exact) mass is 415 g/mol. The lowest BCUT2D eigenvalue weighted by molar-refractivity contribution is 0.0345. The lowest BCUT2D eigenvalue weighted by atomic mass is 10.2. The van der Waals surface area contributed by atoms with Crippen LogP contribution in [-0.2, 0) is 23.1 Å². The van der Waals surface area contributed by atoms with Gasteiger partial charge in [0.05, 0.1) is 18.8 Å². The van der Waals surface area contributed by atoms with Crippen molar-refractivity contribution in [2.75, 3.05) is 19.8 Å². The summed E-state index contributed by atoms with van der Waals surface area (Å²) >= 11 is 0. The van der Waals surface area contributed by atoms with E-state index in [0.717, 1.165) is 0 Å². The van der Waals surface area contributed by atoms with Gasteiger partial charge in [-0.1, -0.05) is 18.2 Å². The highest BCUT2D eigenvalue weighted by Crippen LogP contribution is 2.54. The van der Waals surface area contributed by atoms with E-state index in [1.807, 2.05) is 0 Å². The van der Waals surface area contributed by atoms with E-state index < -0.39 is 31.1 Å². The van der Waals surface area contributed by atoms with Crippen LogP contribution in [0.4, 0.5) is 4.79 Å². The van der Waals surface area contributed by atoms with Crippen LogP contribution in [0.5, 0.6) is 0 Å². The predicted molar refractivity (Wildman–Crippen MR) is 105 cm³/mol. The molecule has 0 saturated carbocycles. The van der Waals surface area contributed by atoms with Crippen LogP contribution in [0.25, 0.3) is 0 Å². The summed E-state index contributed by atoms with van der Waals surface area (Å²) in [5.41, 5.74) is -0.331. The molecule has 0 spiro atoms. The third-order valence-electron chi connectivity index (χ3n) is 3.28. The fourth-order valence-electron chi connectivity index (χ4n) is 2.22. The molecule has 9 heteroatoms. The van der Waals surface area contributed by atoms with Gasteiger partial charge < -0.3 is 23.8 Å². The highest BCUT2D eigenvalue weighted by molar-refractivity contribution is 7.54. The number of hydrogen-bond acceptors (Lipinski definition) is 7. The molecule has 8 nitrogen and oxygen atoms in total. The summed E-state index contributed by atoms with van der Waals surface area (Å²) in [5, 5.41) is 2.55. The number of benzene rings is 1. The van der Waals surface area contributed by atoms with Crippen LogP contribution < -0.4 is 5.32 Å². The van der Waals surface area contributed by atoms with Crippen molar-refractivity contribution < 1.29 is 32.7 Å². The molecule has 158 valence electrons. The van der Waals surface area contributed by atoms with Crippen molar-refractivity contribution in [3.63, 3.8) is 0 Å².